The van der Waals surface area contributed by atoms with Crippen LogP contribution in [-0.2, 0) is 5.41 Å². The summed E-state index contributed by atoms with van der Waals surface area (Å²) in [5.41, 5.74) is 1.36. The lowest BCUT2D eigenvalue weighted by Crippen LogP contribution is -2.10. The van der Waals surface area contributed by atoms with Crippen molar-refractivity contribution in [2.24, 2.45) is 0 Å². The quantitative estimate of drug-likeness (QED) is 0.786. The lowest BCUT2D eigenvalue weighted by molar-refractivity contribution is 0.378. The maximum atomic E-state index is 5.91. The topological polar surface area (TPSA) is 18.5 Å². The maximum Gasteiger partial charge on any atom is 0.169 e. The molecule has 0 heterocycles. The first kappa shape index (κ1) is 13.5. The van der Waals surface area contributed by atoms with Gasteiger partial charge in [-0.25, -0.2) is 0 Å². The van der Waals surface area contributed by atoms with Crippen molar-refractivity contribution in [2.75, 3.05) is 7.11 Å². The highest BCUT2D eigenvalue weighted by molar-refractivity contribution is 5.43. The van der Waals surface area contributed by atoms with Gasteiger partial charge < -0.3 is 9.47 Å². The van der Waals surface area contributed by atoms with Gasteiger partial charge in [-0.3, -0.25) is 0 Å². The van der Waals surface area contributed by atoms with E-state index in [9.17, 15) is 0 Å². The molecule has 2 heteroatoms. The van der Waals surface area contributed by atoms with Gasteiger partial charge in [-0.15, -0.1) is 0 Å². The summed E-state index contributed by atoms with van der Waals surface area (Å²) in [7, 11) is 1.65. The molecule has 2 aromatic rings. The third-order valence-electron chi connectivity index (χ3n) is 3.00. The normalized spacial score (nSPS) is 11.2. The van der Waals surface area contributed by atoms with Crippen LogP contribution in [0.25, 0.3) is 0 Å². The molecule has 19 heavy (non-hydrogen) atoms. The summed E-state index contributed by atoms with van der Waals surface area (Å²) in [5.74, 6) is 2.30. The van der Waals surface area contributed by atoms with Crippen LogP contribution in [0.3, 0.4) is 0 Å². The van der Waals surface area contributed by atoms with Crippen LogP contribution in [0, 0.1) is 0 Å². The lowest BCUT2D eigenvalue weighted by Gasteiger charge is -2.20. The lowest BCUT2D eigenvalue weighted by atomic mass is 9.87. The van der Waals surface area contributed by atoms with E-state index in [4.69, 9.17) is 9.47 Å². The molecule has 0 fully saturated rings. The average Bonchev–Trinajstić information content (AvgIpc) is 2.39. The molecule has 0 saturated carbocycles. The molecule has 0 spiro atoms. The summed E-state index contributed by atoms with van der Waals surface area (Å²) >= 11 is 0. The van der Waals surface area contributed by atoms with E-state index in [-0.39, 0.29) is 5.41 Å². The van der Waals surface area contributed by atoms with E-state index in [2.05, 4.69) is 32.9 Å². The Bertz CT molecular complexity index is 553. The maximum absolute atomic E-state index is 5.91. The second kappa shape index (κ2) is 5.35. The number of benzene rings is 2. The van der Waals surface area contributed by atoms with Crippen LogP contribution in [0.2, 0.25) is 0 Å². The molecule has 0 radical (unpaired) electrons. The van der Waals surface area contributed by atoms with Gasteiger partial charge in [-0.2, -0.15) is 0 Å². The Balaban J connectivity index is 2.29. The van der Waals surface area contributed by atoms with Crippen LogP contribution in [0.1, 0.15) is 26.3 Å². The standard InChI is InChI=1S/C17H20O2/c1-17(2,3)13-8-7-9-14(12-13)19-16-11-6-5-10-15(16)18-4/h5-12H,1-4H3. The van der Waals surface area contributed by atoms with Gasteiger partial charge in [-0.05, 0) is 35.2 Å². The van der Waals surface area contributed by atoms with Crippen LogP contribution in [0.5, 0.6) is 17.2 Å². The fourth-order valence-electron chi connectivity index (χ4n) is 1.86. The van der Waals surface area contributed by atoms with E-state index in [1.54, 1.807) is 7.11 Å². The van der Waals surface area contributed by atoms with Crippen molar-refractivity contribution in [1.82, 2.24) is 0 Å². The molecule has 0 aliphatic rings. The van der Waals surface area contributed by atoms with Crippen molar-refractivity contribution in [3.05, 3.63) is 54.1 Å². The van der Waals surface area contributed by atoms with Crippen molar-refractivity contribution >= 4 is 0 Å². The second-order valence-corrected chi connectivity index (χ2v) is 5.53. The minimum absolute atomic E-state index is 0.111. The van der Waals surface area contributed by atoms with E-state index in [0.29, 0.717) is 0 Å². The van der Waals surface area contributed by atoms with Gasteiger partial charge in [0.15, 0.2) is 11.5 Å². The third-order valence-corrected chi connectivity index (χ3v) is 3.00. The fraction of sp³-hybridized carbons (Fsp3) is 0.294. The largest absolute Gasteiger partial charge is 0.493 e. The number of para-hydroxylation sites is 2. The van der Waals surface area contributed by atoms with Crippen LogP contribution in [-0.4, -0.2) is 7.11 Å². The fourth-order valence-corrected chi connectivity index (χ4v) is 1.86. The minimum Gasteiger partial charge on any atom is -0.493 e. The predicted molar refractivity (Wildman–Crippen MR) is 78.2 cm³/mol. The zero-order valence-corrected chi connectivity index (χ0v) is 11.9. The minimum atomic E-state index is 0.111. The summed E-state index contributed by atoms with van der Waals surface area (Å²) in [6.45, 7) is 6.57. The predicted octanol–water partition coefficient (Wildman–Crippen LogP) is 4.79. The van der Waals surface area contributed by atoms with Crippen LogP contribution in [0.15, 0.2) is 48.5 Å². The highest BCUT2D eigenvalue weighted by Crippen LogP contribution is 2.33. The third kappa shape index (κ3) is 3.28. The van der Waals surface area contributed by atoms with Crippen LogP contribution in [0.4, 0.5) is 0 Å². The highest BCUT2D eigenvalue weighted by atomic mass is 16.5. The van der Waals surface area contributed by atoms with Crippen molar-refractivity contribution < 1.29 is 9.47 Å². The number of ether oxygens (including phenoxy) is 2. The van der Waals surface area contributed by atoms with Crippen molar-refractivity contribution in [3.8, 4) is 17.2 Å². The van der Waals surface area contributed by atoms with Gasteiger partial charge in [0.1, 0.15) is 5.75 Å². The Labute approximate surface area is 115 Å². The summed E-state index contributed by atoms with van der Waals surface area (Å²) in [6.07, 6.45) is 0. The summed E-state index contributed by atoms with van der Waals surface area (Å²) < 4.78 is 11.2. The average molecular weight is 256 g/mol. The van der Waals surface area contributed by atoms with Crippen LogP contribution >= 0.6 is 0 Å². The number of hydrogen-bond acceptors (Lipinski definition) is 2. The summed E-state index contributed by atoms with van der Waals surface area (Å²) in [5, 5.41) is 0. The molecule has 0 aliphatic carbocycles. The number of hydrogen-bond donors (Lipinski definition) is 0. The smallest absolute Gasteiger partial charge is 0.169 e. The van der Waals surface area contributed by atoms with Crippen molar-refractivity contribution in [1.29, 1.82) is 0 Å². The molecule has 0 bridgehead atoms. The SMILES string of the molecule is COc1ccccc1Oc1cccc(C(C)(C)C)c1. The zero-order chi connectivity index (χ0) is 13.9. The van der Waals surface area contributed by atoms with E-state index in [1.807, 2.05) is 36.4 Å². The first-order chi connectivity index (χ1) is 9.00. The molecule has 0 atom stereocenters. The van der Waals surface area contributed by atoms with Gasteiger partial charge in [0, 0.05) is 0 Å². The molecule has 2 aromatic carbocycles. The molecule has 0 N–H and O–H groups in total. The molecule has 2 rings (SSSR count). The van der Waals surface area contributed by atoms with Gasteiger partial charge in [0.05, 0.1) is 7.11 Å². The molecule has 100 valence electrons. The molecule has 0 aromatic heterocycles. The van der Waals surface area contributed by atoms with E-state index < -0.39 is 0 Å². The first-order valence-electron chi connectivity index (χ1n) is 6.42. The van der Waals surface area contributed by atoms with E-state index in [0.717, 1.165) is 17.2 Å². The molecule has 0 amide bonds. The summed E-state index contributed by atoms with van der Waals surface area (Å²) in [6, 6.07) is 15.8. The van der Waals surface area contributed by atoms with E-state index in [1.165, 1.54) is 5.56 Å². The second-order valence-electron chi connectivity index (χ2n) is 5.53. The molecule has 0 aliphatic heterocycles. The zero-order valence-electron chi connectivity index (χ0n) is 11.9. The molecular weight excluding hydrogens is 236 g/mol. The first-order valence-corrected chi connectivity index (χ1v) is 6.42. The van der Waals surface area contributed by atoms with Gasteiger partial charge in [-0.1, -0.05) is 45.0 Å². The molecule has 0 unspecified atom stereocenters. The summed E-state index contributed by atoms with van der Waals surface area (Å²) in [4.78, 5) is 0. The molecular formula is C17H20O2. The monoisotopic (exact) mass is 256 g/mol. The highest BCUT2D eigenvalue weighted by Gasteiger charge is 2.14. The number of rotatable bonds is 3. The Hall–Kier alpha value is -1.96. The Morgan fingerprint density at radius 1 is 0.842 bits per heavy atom. The number of methoxy groups -OCH3 is 1. The molecule has 2 nitrogen and oxygen atoms in total. The van der Waals surface area contributed by atoms with Crippen LogP contribution < -0.4 is 9.47 Å². The van der Waals surface area contributed by atoms with E-state index >= 15 is 0 Å². The van der Waals surface area contributed by atoms with Gasteiger partial charge >= 0.3 is 0 Å². The Morgan fingerprint density at radius 3 is 2.16 bits per heavy atom. The van der Waals surface area contributed by atoms with Gasteiger partial charge in [0.2, 0.25) is 0 Å². The van der Waals surface area contributed by atoms with Crippen molar-refractivity contribution in [3.63, 3.8) is 0 Å². The molecule has 0 saturated heterocycles. The van der Waals surface area contributed by atoms with Crippen molar-refractivity contribution in [2.45, 2.75) is 26.2 Å². The Morgan fingerprint density at radius 2 is 1.53 bits per heavy atom. The van der Waals surface area contributed by atoms with Gasteiger partial charge in [0.25, 0.3) is 0 Å². The Kier molecular flexibility index (Phi) is 3.79.